The van der Waals surface area contributed by atoms with Gasteiger partial charge in [0, 0.05) is 38.3 Å². The molecule has 4 nitrogen and oxygen atoms in total. The summed E-state index contributed by atoms with van der Waals surface area (Å²) < 4.78 is 0. The first kappa shape index (κ1) is 16.8. The van der Waals surface area contributed by atoms with Crippen molar-refractivity contribution >= 4 is 5.97 Å². The Morgan fingerprint density at radius 1 is 0.962 bits per heavy atom. The summed E-state index contributed by atoms with van der Waals surface area (Å²) in [5.41, 5.74) is 1.92. The van der Waals surface area contributed by atoms with E-state index in [2.05, 4.69) is 9.80 Å². The van der Waals surface area contributed by atoms with Crippen LogP contribution in [0.15, 0.2) is 24.3 Å². The number of rotatable bonds is 4. The Morgan fingerprint density at radius 3 is 2.12 bits per heavy atom. The molecule has 140 valence electrons. The Kier molecular flexibility index (Phi) is 4.09. The summed E-state index contributed by atoms with van der Waals surface area (Å²) >= 11 is 0. The van der Waals surface area contributed by atoms with Gasteiger partial charge in [0.05, 0.1) is 5.56 Å². The van der Waals surface area contributed by atoms with Crippen LogP contribution in [0.1, 0.15) is 54.4 Å². The fourth-order valence-electron chi connectivity index (χ4n) is 6.94. The first-order valence-corrected chi connectivity index (χ1v) is 10.4. The van der Waals surface area contributed by atoms with E-state index in [-0.39, 0.29) is 0 Å². The van der Waals surface area contributed by atoms with Crippen LogP contribution in [0.4, 0.5) is 0 Å². The van der Waals surface area contributed by atoms with Crippen LogP contribution in [-0.4, -0.2) is 52.6 Å². The molecule has 1 aromatic carbocycles. The van der Waals surface area contributed by atoms with Gasteiger partial charge in [-0.05, 0) is 67.9 Å². The summed E-state index contributed by atoms with van der Waals surface area (Å²) in [4.78, 5) is 16.7. The second-order valence-corrected chi connectivity index (χ2v) is 9.37. The number of benzene rings is 1. The lowest BCUT2D eigenvalue weighted by Crippen LogP contribution is -2.63. The molecule has 4 aliphatic carbocycles. The number of hydrogen-bond acceptors (Lipinski definition) is 3. The lowest BCUT2D eigenvalue weighted by Gasteiger charge is -2.61. The summed E-state index contributed by atoms with van der Waals surface area (Å²) in [7, 11) is 0. The molecule has 0 unspecified atom stereocenters. The van der Waals surface area contributed by atoms with E-state index in [0.29, 0.717) is 11.1 Å². The first-order valence-electron chi connectivity index (χ1n) is 10.4. The molecular formula is C22H30N2O2. The van der Waals surface area contributed by atoms with Crippen LogP contribution in [0.5, 0.6) is 0 Å². The molecule has 0 aromatic heterocycles. The molecule has 1 aromatic rings. The zero-order valence-corrected chi connectivity index (χ0v) is 15.6. The molecule has 1 aliphatic heterocycles. The summed E-state index contributed by atoms with van der Waals surface area (Å²) in [6.45, 7) is 5.20. The summed E-state index contributed by atoms with van der Waals surface area (Å²) in [6.07, 6.45) is 8.85. The standard InChI is InChI=1S/C22H30N2O2/c25-21(26)20-4-2-1-3-19(20)15-23-5-7-24(8-6-23)22-12-16-9-17(13-22)11-18(10-16)14-22/h1-4,16-18H,5-15H2,(H,25,26). The SMILES string of the molecule is O=C(O)c1ccccc1CN1CCN(C23CC4CC(CC(C4)C2)C3)CC1. The monoisotopic (exact) mass is 354 g/mol. The summed E-state index contributed by atoms with van der Waals surface area (Å²) in [5.74, 6) is 2.19. The molecule has 4 saturated carbocycles. The van der Waals surface area contributed by atoms with Gasteiger partial charge < -0.3 is 5.11 Å². The van der Waals surface area contributed by atoms with E-state index < -0.39 is 5.97 Å². The molecule has 0 spiro atoms. The van der Waals surface area contributed by atoms with E-state index in [1.54, 1.807) is 6.07 Å². The number of piperazine rings is 1. The van der Waals surface area contributed by atoms with Gasteiger partial charge in [-0.15, -0.1) is 0 Å². The third-order valence-corrected chi connectivity index (χ3v) is 7.69. The van der Waals surface area contributed by atoms with Crippen molar-refractivity contribution in [1.82, 2.24) is 9.80 Å². The zero-order valence-electron chi connectivity index (χ0n) is 15.6. The molecular weight excluding hydrogens is 324 g/mol. The van der Waals surface area contributed by atoms with Gasteiger partial charge in [0.1, 0.15) is 0 Å². The van der Waals surface area contributed by atoms with Crippen LogP contribution >= 0.6 is 0 Å². The maximum atomic E-state index is 11.4. The van der Waals surface area contributed by atoms with Crippen molar-refractivity contribution in [2.24, 2.45) is 17.8 Å². The number of aromatic carboxylic acids is 1. The van der Waals surface area contributed by atoms with Crippen molar-refractivity contribution in [3.05, 3.63) is 35.4 Å². The Bertz CT molecular complexity index is 658. The summed E-state index contributed by atoms with van der Waals surface area (Å²) in [5, 5.41) is 9.41. The maximum Gasteiger partial charge on any atom is 0.336 e. The molecule has 1 heterocycles. The lowest BCUT2D eigenvalue weighted by molar-refractivity contribution is -0.101. The van der Waals surface area contributed by atoms with Crippen LogP contribution < -0.4 is 0 Å². The number of hydrogen-bond donors (Lipinski definition) is 1. The fraction of sp³-hybridized carbons (Fsp3) is 0.682. The van der Waals surface area contributed by atoms with Gasteiger partial charge in [0.25, 0.3) is 0 Å². The second-order valence-electron chi connectivity index (χ2n) is 9.37. The Morgan fingerprint density at radius 2 is 1.54 bits per heavy atom. The molecule has 0 amide bonds. The van der Waals surface area contributed by atoms with E-state index in [1.807, 2.05) is 18.2 Å². The molecule has 0 radical (unpaired) electrons. The molecule has 4 heteroatoms. The van der Waals surface area contributed by atoms with Crippen molar-refractivity contribution < 1.29 is 9.90 Å². The minimum absolute atomic E-state index is 0.455. The average molecular weight is 354 g/mol. The smallest absolute Gasteiger partial charge is 0.336 e. The van der Waals surface area contributed by atoms with Gasteiger partial charge >= 0.3 is 5.97 Å². The molecule has 5 fully saturated rings. The van der Waals surface area contributed by atoms with E-state index in [1.165, 1.54) is 38.5 Å². The third-order valence-electron chi connectivity index (χ3n) is 7.69. The van der Waals surface area contributed by atoms with Gasteiger partial charge in [-0.2, -0.15) is 0 Å². The highest BCUT2D eigenvalue weighted by atomic mass is 16.4. The summed E-state index contributed by atoms with van der Waals surface area (Å²) in [6, 6.07) is 7.46. The number of nitrogens with zero attached hydrogens (tertiary/aromatic N) is 2. The van der Waals surface area contributed by atoms with Crippen molar-refractivity contribution in [3.8, 4) is 0 Å². The van der Waals surface area contributed by atoms with Crippen LogP contribution in [0.3, 0.4) is 0 Å². The maximum absolute atomic E-state index is 11.4. The highest BCUT2D eigenvalue weighted by molar-refractivity contribution is 5.89. The van der Waals surface area contributed by atoms with E-state index >= 15 is 0 Å². The molecule has 5 aliphatic rings. The minimum atomic E-state index is -0.812. The Hall–Kier alpha value is -1.39. The zero-order chi connectivity index (χ0) is 17.7. The van der Waals surface area contributed by atoms with E-state index in [4.69, 9.17) is 0 Å². The number of carboxylic acid groups (broad SMARTS) is 1. The molecule has 26 heavy (non-hydrogen) atoms. The van der Waals surface area contributed by atoms with Crippen molar-refractivity contribution in [3.63, 3.8) is 0 Å². The predicted octanol–water partition coefficient (Wildman–Crippen LogP) is 3.47. The van der Waals surface area contributed by atoms with E-state index in [9.17, 15) is 9.90 Å². The van der Waals surface area contributed by atoms with Gasteiger partial charge in [-0.3, -0.25) is 9.80 Å². The quantitative estimate of drug-likeness (QED) is 0.899. The topological polar surface area (TPSA) is 43.8 Å². The molecule has 1 N–H and O–H groups in total. The van der Waals surface area contributed by atoms with Crippen LogP contribution in [-0.2, 0) is 6.54 Å². The van der Waals surface area contributed by atoms with Crippen LogP contribution in [0.25, 0.3) is 0 Å². The van der Waals surface area contributed by atoms with Gasteiger partial charge in [-0.25, -0.2) is 4.79 Å². The molecule has 1 saturated heterocycles. The third kappa shape index (κ3) is 2.87. The fourth-order valence-corrected chi connectivity index (χ4v) is 6.94. The van der Waals surface area contributed by atoms with E-state index in [0.717, 1.165) is 56.0 Å². The van der Waals surface area contributed by atoms with Crippen LogP contribution in [0.2, 0.25) is 0 Å². The highest BCUT2D eigenvalue weighted by Crippen LogP contribution is 2.57. The lowest BCUT2D eigenvalue weighted by atomic mass is 9.52. The number of carboxylic acids is 1. The average Bonchev–Trinajstić information content (AvgIpc) is 2.61. The van der Waals surface area contributed by atoms with Gasteiger partial charge in [0.15, 0.2) is 0 Å². The number of carbonyl (C=O) groups is 1. The van der Waals surface area contributed by atoms with Crippen molar-refractivity contribution in [2.45, 2.75) is 50.6 Å². The van der Waals surface area contributed by atoms with Gasteiger partial charge in [-0.1, -0.05) is 18.2 Å². The second kappa shape index (κ2) is 6.35. The largest absolute Gasteiger partial charge is 0.478 e. The predicted molar refractivity (Wildman–Crippen MR) is 101 cm³/mol. The molecule has 0 atom stereocenters. The van der Waals surface area contributed by atoms with Gasteiger partial charge in [0.2, 0.25) is 0 Å². The molecule has 6 rings (SSSR count). The Balaban J connectivity index is 1.24. The highest BCUT2D eigenvalue weighted by Gasteiger charge is 2.53. The van der Waals surface area contributed by atoms with Crippen molar-refractivity contribution in [1.29, 1.82) is 0 Å². The first-order chi connectivity index (χ1) is 12.6. The minimum Gasteiger partial charge on any atom is -0.478 e. The normalized spacial score (nSPS) is 37.2. The Labute approximate surface area is 156 Å². The molecule has 4 bridgehead atoms. The van der Waals surface area contributed by atoms with Crippen molar-refractivity contribution in [2.75, 3.05) is 26.2 Å². The van der Waals surface area contributed by atoms with Crippen LogP contribution in [0, 0.1) is 17.8 Å².